The summed E-state index contributed by atoms with van der Waals surface area (Å²) in [4.78, 5) is 0. The minimum Gasteiger partial charge on any atom is -0.458 e. The van der Waals surface area contributed by atoms with Crippen LogP contribution in [0.5, 0.6) is 0 Å². The van der Waals surface area contributed by atoms with Gasteiger partial charge in [-0.15, -0.1) is 0 Å². The van der Waals surface area contributed by atoms with Crippen molar-refractivity contribution >= 4 is 22.6 Å². The maximum absolute atomic E-state index is 10.2. The second-order valence-electron chi connectivity index (χ2n) is 4.14. The Kier molecular flexibility index (Phi) is 2.82. The average molecular weight is 259 g/mol. The molecule has 0 saturated carbocycles. The quantitative estimate of drug-likeness (QED) is 0.748. The second kappa shape index (κ2) is 4.48. The molecule has 1 heterocycles. The van der Waals surface area contributed by atoms with Gasteiger partial charge in [0, 0.05) is 10.4 Å². The Bertz CT molecular complexity index is 637. The van der Waals surface area contributed by atoms with E-state index in [4.69, 9.17) is 16.0 Å². The van der Waals surface area contributed by atoms with Crippen LogP contribution >= 0.6 is 11.6 Å². The molecule has 3 aromatic rings. The number of aliphatic hydroxyl groups is 1. The minimum absolute atomic E-state index is 0.540. The molecule has 0 spiro atoms. The first-order chi connectivity index (χ1) is 8.74. The highest BCUT2D eigenvalue weighted by Gasteiger charge is 2.15. The topological polar surface area (TPSA) is 33.4 Å². The molecule has 3 heteroatoms. The third-order valence-corrected chi connectivity index (χ3v) is 3.15. The van der Waals surface area contributed by atoms with E-state index < -0.39 is 6.10 Å². The van der Waals surface area contributed by atoms with E-state index in [-0.39, 0.29) is 0 Å². The van der Waals surface area contributed by atoms with Gasteiger partial charge >= 0.3 is 0 Å². The summed E-state index contributed by atoms with van der Waals surface area (Å²) in [5, 5.41) is 11.9. The fourth-order valence-electron chi connectivity index (χ4n) is 1.95. The monoisotopic (exact) mass is 258 g/mol. The lowest BCUT2D eigenvalue weighted by atomic mass is 10.1. The molecule has 0 aliphatic rings. The highest BCUT2D eigenvalue weighted by molar-refractivity contribution is 6.30. The van der Waals surface area contributed by atoms with Gasteiger partial charge in [0.05, 0.1) is 0 Å². The smallest absolute Gasteiger partial charge is 0.138 e. The molecule has 0 amide bonds. The zero-order chi connectivity index (χ0) is 12.5. The number of hydrogen-bond donors (Lipinski definition) is 1. The van der Waals surface area contributed by atoms with Gasteiger partial charge in [0.2, 0.25) is 0 Å². The average Bonchev–Trinajstić information content (AvgIpc) is 2.82. The molecule has 0 aliphatic heterocycles. The van der Waals surface area contributed by atoms with Crippen LogP contribution in [0.3, 0.4) is 0 Å². The first-order valence-corrected chi connectivity index (χ1v) is 6.04. The van der Waals surface area contributed by atoms with Crippen molar-refractivity contribution in [3.05, 3.63) is 70.9 Å². The van der Waals surface area contributed by atoms with Crippen LogP contribution in [0, 0.1) is 0 Å². The molecule has 1 N–H and O–H groups in total. The molecular formula is C15H11ClO2. The Balaban J connectivity index is 2.00. The maximum Gasteiger partial charge on any atom is 0.138 e. The number of para-hydroxylation sites is 1. The van der Waals surface area contributed by atoms with Crippen LogP contribution in [-0.4, -0.2) is 5.11 Å². The maximum atomic E-state index is 10.2. The predicted molar refractivity (Wildman–Crippen MR) is 71.7 cm³/mol. The summed E-state index contributed by atoms with van der Waals surface area (Å²) in [6, 6.07) is 16.6. The van der Waals surface area contributed by atoms with E-state index in [2.05, 4.69) is 0 Å². The fraction of sp³-hybridized carbons (Fsp3) is 0.0667. The van der Waals surface area contributed by atoms with Crippen molar-refractivity contribution < 1.29 is 9.52 Å². The summed E-state index contributed by atoms with van der Waals surface area (Å²) >= 11 is 5.82. The van der Waals surface area contributed by atoms with Gasteiger partial charge in [-0.1, -0.05) is 41.9 Å². The van der Waals surface area contributed by atoms with E-state index in [9.17, 15) is 5.11 Å². The van der Waals surface area contributed by atoms with Gasteiger partial charge in [0.1, 0.15) is 17.4 Å². The first kappa shape index (κ1) is 11.3. The van der Waals surface area contributed by atoms with Gasteiger partial charge in [-0.05, 0) is 29.8 Å². The van der Waals surface area contributed by atoms with Crippen LogP contribution in [-0.2, 0) is 0 Å². The van der Waals surface area contributed by atoms with Crippen molar-refractivity contribution in [1.82, 2.24) is 0 Å². The van der Waals surface area contributed by atoms with Gasteiger partial charge in [-0.2, -0.15) is 0 Å². The number of benzene rings is 2. The summed E-state index contributed by atoms with van der Waals surface area (Å²) in [6.07, 6.45) is -0.769. The van der Waals surface area contributed by atoms with Crippen molar-refractivity contribution in [3.63, 3.8) is 0 Å². The summed E-state index contributed by atoms with van der Waals surface area (Å²) in [5.41, 5.74) is 1.54. The zero-order valence-electron chi connectivity index (χ0n) is 9.51. The Hall–Kier alpha value is -1.77. The van der Waals surface area contributed by atoms with Crippen LogP contribution in [0.2, 0.25) is 5.02 Å². The molecule has 1 aromatic heterocycles. The van der Waals surface area contributed by atoms with Gasteiger partial charge < -0.3 is 9.52 Å². The number of aliphatic hydroxyl groups excluding tert-OH is 1. The molecule has 0 fully saturated rings. The second-order valence-corrected chi connectivity index (χ2v) is 4.58. The SMILES string of the molecule is O[C@@H](c1ccc(Cl)cc1)c1cc2ccccc2o1. The van der Waals surface area contributed by atoms with Crippen LogP contribution in [0.15, 0.2) is 59.0 Å². The van der Waals surface area contributed by atoms with Crippen molar-refractivity contribution in [1.29, 1.82) is 0 Å². The molecule has 0 bridgehead atoms. The van der Waals surface area contributed by atoms with E-state index in [1.807, 2.05) is 30.3 Å². The Labute approximate surface area is 109 Å². The van der Waals surface area contributed by atoms with Gasteiger partial charge in [-0.25, -0.2) is 0 Å². The first-order valence-electron chi connectivity index (χ1n) is 5.66. The summed E-state index contributed by atoms with van der Waals surface area (Å²) < 4.78 is 5.63. The Morgan fingerprint density at radius 2 is 1.72 bits per heavy atom. The van der Waals surface area contributed by atoms with Crippen molar-refractivity contribution in [3.8, 4) is 0 Å². The summed E-state index contributed by atoms with van der Waals surface area (Å²) in [6.45, 7) is 0. The molecule has 1 atom stereocenters. The van der Waals surface area contributed by atoms with E-state index in [0.29, 0.717) is 10.8 Å². The molecule has 2 aromatic carbocycles. The number of fused-ring (bicyclic) bond motifs is 1. The van der Waals surface area contributed by atoms with Crippen LogP contribution in [0.1, 0.15) is 17.4 Å². The highest BCUT2D eigenvalue weighted by Crippen LogP contribution is 2.28. The number of halogens is 1. The molecule has 18 heavy (non-hydrogen) atoms. The zero-order valence-corrected chi connectivity index (χ0v) is 10.3. The molecule has 90 valence electrons. The lowest BCUT2D eigenvalue weighted by Crippen LogP contribution is -1.97. The van der Waals surface area contributed by atoms with Crippen LogP contribution in [0.25, 0.3) is 11.0 Å². The molecule has 0 aliphatic carbocycles. The summed E-state index contributed by atoms with van der Waals surface area (Å²) in [5.74, 6) is 0.540. The standard InChI is InChI=1S/C15H11ClO2/c16-12-7-5-10(6-8-12)15(17)14-9-11-3-1-2-4-13(11)18-14/h1-9,15,17H/t15-/m0/s1. The van der Waals surface area contributed by atoms with Gasteiger partial charge in [0.15, 0.2) is 0 Å². The van der Waals surface area contributed by atoms with E-state index >= 15 is 0 Å². The predicted octanol–water partition coefficient (Wildman–Crippen LogP) is 4.17. The van der Waals surface area contributed by atoms with E-state index in [1.54, 1.807) is 24.3 Å². The van der Waals surface area contributed by atoms with Gasteiger partial charge in [-0.3, -0.25) is 0 Å². The van der Waals surface area contributed by atoms with Crippen LogP contribution < -0.4 is 0 Å². The number of furan rings is 1. The molecule has 0 saturated heterocycles. The van der Waals surface area contributed by atoms with Crippen molar-refractivity contribution in [2.75, 3.05) is 0 Å². The number of hydrogen-bond acceptors (Lipinski definition) is 2. The third-order valence-electron chi connectivity index (χ3n) is 2.90. The van der Waals surface area contributed by atoms with Crippen molar-refractivity contribution in [2.24, 2.45) is 0 Å². The normalized spacial score (nSPS) is 12.8. The molecule has 2 nitrogen and oxygen atoms in total. The van der Waals surface area contributed by atoms with Crippen molar-refractivity contribution in [2.45, 2.75) is 6.10 Å². The summed E-state index contributed by atoms with van der Waals surface area (Å²) in [7, 11) is 0. The lowest BCUT2D eigenvalue weighted by molar-refractivity contribution is 0.192. The van der Waals surface area contributed by atoms with Crippen LogP contribution in [0.4, 0.5) is 0 Å². The minimum atomic E-state index is -0.769. The highest BCUT2D eigenvalue weighted by atomic mass is 35.5. The molecule has 0 unspecified atom stereocenters. The Morgan fingerprint density at radius 3 is 2.44 bits per heavy atom. The fourth-order valence-corrected chi connectivity index (χ4v) is 2.07. The molecule has 3 rings (SSSR count). The molecular weight excluding hydrogens is 248 g/mol. The van der Waals surface area contributed by atoms with Gasteiger partial charge in [0.25, 0.3) is 0 Å². The number of rotatable bonds is 2. The lowest BCUT2D eigenvalue weighted by Gasteiger charge is -2.07. The largest absolute Gasteiger partial charge is 0.458 e. The van der Waals surface area contributed by atoms with E-state index in [0.717, 1.165) is 16.5 Å². The Morgan fingerprint density at radius 1 is 1.00 bits per heavy atom. The third kappa shape index (κ3) is 2.01. The molecule has 0 radical (unpaired) electrons. The van der Waals surface area contributed by atoms with E-state index in [1.165, 1.54) is 0 Å².